The molecule has 146 valence electrons. The first-order valence-corrected chi connectivity index (χ1v) is 8.74. The largest absolute Gasteiger partial charge is 0.496 e. The molecule has 27 heavy (non-hydrogen) atoms. The number of guanidine groups is 1. The maximum atomic E-state index is 11.6. The molecule has 0 amide bonds. The quantitative estimate of drug-likeness (QED) is 0.441. The monoisotopic (exact) mass is 373 g/mol. The molecule has 0 spiro atoms. The molecular formula is C20H27N3O4. The van der Waals surface area contributed by atoms with Crippen LogP contribution in [-0.2, 0) is 17.7 Å². The van der Waals surface area contributed by atoms with Crippen molar-refractivity contribution in [2.45, 2.75) is 26.8 Å². The molecule has 0 radical (unpaired) electrons. The Morgan fingerprint density at radius 2 is 1.96 bits per heavy atom. The number of hydrogen-bond donors (Lipinski definition) is 2. The average Bonchev–Trinajstić information content (AvgIpc) is 3.05. The predicted molar refractivity (Wildman–Crippen MR) is 104 cm³/mol. The van der Waals surface area contributed by atoms with Gasteiger partial charge in [0, 0.05) is 13.6 Å². The molecule has 0 fully saturated rings. The van der Waals surface area contributed by atoms with Gasteiger partial charge in [-0.2, -0.15) is 0 Å². The molecule has 0 aliphatic rings. The van der Waals surface area contributed by atoms with Crippen molar-refractivity contribution in [2.24, 2.45) is 4.99 Å². The lowest BCUT2D eigenvalue weighted by Gasteiger charge is -2.12. The van der Waals surface area contributed by atoms with Crippen LogP contribution >= 0.6 is 0 Å². The smallest absolute Gasteiger partial charge is 0.341 e. The van der Waals surface area contributed by atoms with Gasteiger partial charge in [0.15, 0.2) is 5.96 Å². The van der Waals surface area contributed by atoms with Crippen molar-refractivity contribution in [3.63, 3.8) is 0 Å². The van der Waals surface area contributed by atoms with E-state index in [1.54, 1.807) is 27.1 Å². The van der Waals surface area contributed by atoms with E-state index in [0.717, 1.165) is 24.3 Å². The first-order valence-electron chi connectivity index (χ1n) is 8.74. The lowest BCUT2D eigenvalue weighted by Crippen LogP contribution is -2.37. The molecule has 0 saturated heterocycles. The van der Waals surface area contributed by atoms with Crippen LogP contribution in [0.5, 0.6) is 5.75 Å². The molecule has 7 heteroatoms. The minimum absolute atomic E-state index is 0.404. The lowest BCUT2D eigenvalue weighted by molar-refractivity contribution is 0.0599. The summed E-state index contributed by atoms with van der Waals surface area (Å²) in [5, 5.41) is 6.43. The van der Waals surface area contributed by atoms with Crippen LogP contribution in [0, 0.1) is 13.8 Å². The number of aliphatic imine (C=N–C) groups is 1. The van der Waals surface area contributed by atoms with Gasteiger partial charge >= 0.3 is 5.97 Å². The topological polar surface area (TPSA) is 85.1 Å². The van der Waals surface area contributed by atoms with E-state index in [1.165, 1.54) is 12.7 Å². The van der Waals surface area contributed by atoms with Crippen molar-refractivity contribution in [1.82, 2.24) is 10.6 Å². The molecule has 2 N–H and O–H groups in total. The van der Waals surface area contributed by atoms with E-state index in [1.807, 2.05) is 13.0 Å². The van der Waals surface area contributed by atoms with Crippen molar-refractivity contribution >= 4 is 11.9 Å². The summed E-state index contributed by atoms with van der Waals surface area (Å²) < 4.78 is 15.7. The van der Waals surface area contributed by atoms with Gasteiger partial charge in [-0.15, -0.1) is 0 Å². The lowest BCUT2D eigenvalue weighted by atomic mass is 10.1. The second kappa shape index (κ2) is 9.66. The molecule has 2 aromatic rings. The third-order valence-electron chi connectivity index (χ3n) is 4.21. The van der Waals surface area contributed by atoms with E-state index in [0.29, 0.717) is 29.6 Å². The second-order valence-electron chi connectivity index (χ2n) is 6.08. The van der Waals surface area contributed by atoms with Gasteiger partial charge in [-0.3, -0.25) is 4.99 Å². The van der Waals surface area contributed by atoms with Gasteiger partial charge in [0.1, 0.15) is 22.8 Å². The normalized spacial score (nSPS) is 11.2. The summed E-state index contributed by atoms with van der Waals surface area (Å²) in [6.45, 7) is 4.89. The standard InChI is InChI=1S/C20H27N3O4/c1-13-6-7-15(10-18(13)25-4)8-9-22-20(21-3)23-12-16-11-17(14(2)27-16)19(24)26-5/h6-7,10-11H,8-9,12H2,1-5H3,(H2,21,22,23). The SMILES string of the molecule is CN=C(NCCc1ccc(C)c(OC)c1)NCc1cc(C(=O)OC)c(C)o1. The van der Waals surface area contributed by atoms with E-state index in [-0.39, 0.29) is 0 Å². The Hall–Kier alpha value is -2.96. The van der Waals surface area contributed by atoms with Crippen molar-refractivity contribution < 1.29 is 18.7 Å². The number of rotatable bonds is 7. The van der Waals surface area contributed by atoms with Crippen LogP contribution in [0.2, 0.25) is 0 Å². The Morgan fingerprint density at radius 1 is 1.19 bits per heavy atom. The number of furan rings is 1. The molecule has 1 aromatic carbocycles. The predicted octanol–water partition coefficient (Wildman–Crippen LogP) is 2.60. The number of esters is 1. The number of methoxy groups -OCH3 is 2. The van der Waals surface area contributed by atoms with Gasteiger partial charge in [0.05, 0.1) is 20.8 Å². The van der Waals surface area contributed by atoms with Crippen LogP contribution in [0.4, 0.5) is 0 Å². The Kier molecular flexibility index (Phi) is 7.28. The molecule has 0 atom stereocenters. The van der Waals surface area contributed by atoms with Gasteiger partial charge in [-0.1, -0.05) is 12.1 Å². The highest BCUT2D eigenvalue weighted by Gasteiger charge is 2.15. The third kappa shape index (κ3) is 5.51. The molecule has 2 rings (SSSR count). The number of carbonyl (C=O) groups is 1. The summed E-state index contributed by atoms with van der Waals surface area (Å²) >= 11 is 0. The van der Waals surface area contributed by atoms with Gasteiger partial charge in [-0.25, -0.2) is 4.79 Å². The number of nitrogens with one attached hydrogen (secondary N) is 2. The minimum Gasteiger partial charge on any atom is -0.496 e. The van der Waals surface area contributed by atoms with Crippen molar-refractivity contribution in [3.05, 3.63) is 52.5 Å². The molecule has 0 bridgehead atoms. The molecule has 1 heterocycles. The van der Waals surface area contributed by atoms with Crippen molar-refractivity contribution in [3.8, 4) is 5.75 Å². The van der Waals surface area contributed by atoms with Crippen LogP contribution in [0.3, 0.4) is 0 Å². The van der Waals surface area contributed by atoms with Gasteiger partial charge < -0.3 is 24.5 Å². The summed E-state index contributed by atoms with van der Waals surface area (Å²) in [7, 11) is 4.73. The summed E-state index contributed by atoms with van der Waals surface area (Å²) in [4.78, 5) is 15.8. The highest BCUT2D eigenvalue weighted by atomic mass is 16.5. The van der Waals surface area contributed by atoms with Crippen LogP contribution in [0.1, 0.15) is 33.0 Å². The molecule has 1 aromatic heterocycles. The maximum Gasteiger partial charge on any atom is 0.341 e. The minimum atomic E-state index is -0.404. The zero-order valence-corrected chi connectivity index (χ0v) is 16.5. The highest BCUT2D eigenvalue weighted by Crippen LogP contribution is 2.19. The molecule has 7 nitrogen and oxygen atoms in total. The van der Waals surface area contributed by atoms with Gasteiger partial charge in [0.25, 0.3) is 0 Å². The summed E-state index contributed by atoms with van der Waals surface area (Å²) in [6.07, 6.45) is 0.837. The van der Waals surface area contributed by atoms with Crippen molar-refractivity contribution in [1.29, 1.82) is 0 Å². The van der Waals surface area contributed by atoms with Crippen LogP contribution in [0.25, 0.3) is 0 Å². The van der Waals surface area contributed by atoms with Crippen molar-refractivity contribution in [2.75, 3.05) is 27.8 Å². The number of carbonyl (C=O) groups excluding carboxylic acids is 1. The first kappa shape index (κ1) is 20.4. The highest BCUT2D eigenvalue weighted by molar-refractivity contribution is 5.90. The van der Waals surface area contributed by atoms with Crippen LogP contribution < -0.4 is 15.4 Å². The fourth-order valence-electron chi connectivity index (χ4n) is 2.68. The second-order valence-corrected chi connectivity index (χ2v) is 6.08. The number of aryl methyl sites for hydroxylation is 2. The van der Waals surface area contributed by atoms with E-state index in [4.69, 9.17) is 13.9 Å². The average molecular weight is 373 g/mol. The number of benzene rings is 1. The molecular weight excluding hydrogens is 346 g/mol. The fourth-order valence-corrected chi connectivity index (χ4v) is 2.68. The van der Waals surface area contributed by atoms with Gasteiger partial charge in [-0.05, 0) is 43.5 Å². The Balaban J connectivity index is 1.85. The Morgan fingerprint density at radius 3 is 2.63 bits per heavy atom. The molecule has 0 unspecified atom stereocenters. The first-order chi connectivity index (χ1) is 13.0. The summed E-state index contributed by atoms with van der Waals surface area (Å²) in [5.41, 5.74) is 2.74. The van der Waals surface area contributed by atoms with E-state index in [9.17, 15) is 4.79 Å². The zero-order valence-electron chi connectivity index (χ0n) is 16.5. The Labute approximate surface area is 159 Å². The molecule has 0 saturated carbocycles. The van der Waals surface area contributed by atoms with Crippen LogP contribution in [-0.4, -0.2) is 39.7 Å². The van der Waals surface area contributed by atoms with Crippen LogP contribution in [0.15, 0.2) is 33.7 Å². The fraction of sp³-hybridized carbons (Fsp3) is 0.400. The number of hydrogen-bond acceptors (Lipinski definition) is 5. The third-order valence-corrected chi connectivity index (χ3v) is 4.21. The van der Waals surface area contributed by atoms with Gasteiger partial charge in [0.2, 0.25) is 0 Å². The van der Waals surface area contributed by atoms with E-state index < -0.39 is 5.97 Å². The zero-order chi connectivity index (χ0) is 19.8. The summed E-state index contributed by atoms with van der Waals surface area (Å²) in [6, 6.07) is 7.88. The maximum absolute atomic E-state index is 11.6. The summed E-state index contributed by atoms with van der Waals surface area (Å²) in [5.74, 6) is 2.32. The molecule has 0 aliphatic heterocycles. The Bertz CT molecular complexity index is 812. The number of nitrogens with zero attached hydrogens (tertiary/aromatic N) is 1. The van der Waals surface area contributed by atoms with E-state index >= 15 is 0 Å². The molecule has 0 aliphatic carbocycles. The number of ether oxygens (including phenoxy) is 2. The van der Waals surface area contributed by atoms with E-state index in [2.05, 4.69) is 27.8 Å².